The molecule has 1 unspecified atom stereocenters. The van der Waals surface area contributed by atoms with Gasteiger partial charge in [-0.2, -0.15) is 22.9 Å². The average Bonchev–Trinajstić information content (AvgIpc) is 3.49. The quantitative estimate of drug-likeness (QED) is 0.340. The van der Waals surface area contributed by atoms with Crippen LogP contribution in [-0.4, -0.2) is 40.6 Å². The Morgan fingerprint density at radius 1 is 0.969 bits per heavy atom. The lowest BCUT2D eigenvalue weighted by molar-refractivity contribution is 0.528. The number of aromatic nitrogens is 7. The van der Waals surface area contributed by atoms with Crippen LogP contribution in [0.15, 0.2) is 54.9 Å². The third-order valence-electron chi connectivity index (χ3n) is 5.58. The maximum absolute atomic E-state index is 4.75. The first-order valence-corrected chi connectivity index (χ1v) is 11.6. The van der Waals surface area contributed by atoms with Gasteiger partial charge in [-0.25, -0.2) is 9.67 Å². The van der Waals surface area contributed by atoms with Crippen molar-refractivity contribution in [2.24, 2.45) is 5.92 Å². The molecule has 0 aliphatic carbocycles. The third-order valence-corrected chi connectivity index (χ3v) is 6.10. The number of hydrogen-bond acceptors (Lipinski definition) is 6. The number of H-pyrrole nitrogens is 1. The maximum Gasteiger partial charge on any atom is 0.205 e. The van der Waals surface area contributed by atoms with Crippen LogP contribution in [0, 0.1) is 5.92 Å². The van der Waals surface area contributed by atoms with E-state index in [1.807, 2.05) is 22.9 Å². The average molecular weight is 448 g/mol. The molecular formula is C24H29N7S. The Balaban J connectivity index is 1.42. The van der Waals surface area contributed by atoms with E-state index in [9.17, 15) is 0 Å². The highest BCUT2D eigenvalue weighted by atomic mass is 32.1. The molecule has 1 N–H and O–H groups in total. The van der Waals surface area contributed by atoms with Crippen molar-refractivity contribution < 1.29 is 0 Å². The predicted molar refractivity (Wildman–Crippen MR) is 129 cm³/mol. The molecule has 8 heteroatoms. The van der Waals surface area contributed by atoms with Crippen LogP contribution in [0.3, 0.4) is 0 Å². The van der Waals surface area contributed by atoms with Gasteiger partial charge in [0.15, 0.2) is 0 Å². The lowest BCUT2D eigenvalue weighted by atomic mass is 9.98. The third kappa shape index (κ3) is 5.62. The van der Waals surface area contributed by atoms with Crippen molar-refractivity contribution in [2.75, 3.05) is 0 Å². The van der Waals surface area contributed by atoms with Crippen LogP contribution in [0.1, 0.15) is 44.5 Å². The predicted octanol–water partition coefficient (Wildman–Crippen LogP) is 4.84. The van der Waals surface area contributed by atoms with Gasteiger partial charge in [-0.3, -0.25) is 0 Å². The molecule has 0 amide bonds. The molecule has 4 rings (SSSR count). The Kier molecular flexibility index (Phi) is 7.32. The van der Waals surface area contributed by atoms with Gasteiger partial charge in [-0.15, -0.1) is 10.2 Å². The van der Waals surface area contributed by atoms with Gasteiger partial charge in [0.25, 0.3) is 0 Å². The standard InChI is InChI=1S/C24H29N7S/c1-17(2)7-12-20(32)13-14-23-25-16-26-31(23)15-18-8-10-19(11-9-18)21-5-3-4-6-22(21)24-27-29-30-28-24/h3-6,8-11,16-17,20,32H,7,12-15H2,1-2H3,(H,27,28,29,30). The van der Waals surface area contributed by atoms with Gasteiger partial charge in [-0.05, 0) is 47.1 Å². The highest BCUT2D eigenvalue weighted by Gasteiger charge is 2.12. The molecule has 0 fully saturated rings. The van der Waals surface area contributed by atoms with E-state index < -0.39 is 0 Å². The van der Waals surface area contributed by atoms with Crippen LogP contribution in [0.2, 0.25) is 0 Å². The summed E-state index contributed by atoms with van der Waals surface area (Å²) in [5, 5.41) is 19.3. The van der Waals surface area contributed by atoms with Gasteiger partial charge in [0, 0.05) is 17.2 Å². The van der Waals surface area contributed by atoms with Gasteiger partial charge < -0.3 is 0 Å². The fraction of sp³-hybridized carbons (Fsp3) is 0.375. The fourth-order valence-electron chi connectivity index (χ4n) is 3.75. The number of rotatable bonds is 10. The lowest BCUT2D eigenvalue weighted by Crippen LogP contribution is -2.10. The summed E-state index contributed by atoms with van der Waals surface area (Å²) in [5.74, 6) is 2.32. The lowest BCUT2D eigenvalue weighted by Gasteiger charge is -2.13. The summed E-state index contributed by atoms with van der Waals surface area (Å²) in [6.07, 6.45) is 5.90. The second-order valence-corrected chi connectivity index (χ2v) is 9.21. The van der Waals surface area contributed by atoms with E-state index >= 15 is 0 Å². The van der Waals surface area contributed by atoms with E-state index in [2.05, 4.69) is 74.9 Å². The number of nitrogens with zero attached hydrogens (tertiary/aromatic N) is 6. The number of benzene rings is 2. The molecule has 0 saturated carbocycles. The summed E-state index contributed by atoms with van der Waals surface area (Å²) in [6, 6.07) is 16.6. The van der Waals surface area contributed by atoms with Crippen molar-refractivity contribution in [3.63, 3.8) is 0 Å². The van der Waals surface area contributed by atoms with Crippen molar-refractivity contribution in [1.82, 2.24) is 35.4 Å². The number of thiol groups is 1. The zero-order valence-corrected chi connectivity index (χ0v) is 19.4. The molecule has 0 aliphatic rings. The number of tetrazole rings is 1. The smallest absolute Gasteiger partial charge is 0.205 e. The molecule has 7 nitrogen and oxygen atoms in total. The van der Waals surface area contributed by atoms with E-state index in [1.54, 1.807) is 6.33 Å². The molecule has 166 valence electrons. The zero-order valence-electron chi connectivity index (χ0n) is 18.5. The number of hydrogen-bond donors (Lipinski definition) is 2. The van der Waals surface area contributed by atoms with Gasteiger partial charge in [0.2, 0.25) is 5.82 Å². The van der Waals surface area contributed by atoms with Crippen LogP contribution < -0.4 is 0 Å². The number of aryl methyl sites for hydroxylation is 1. The molecule has 4 aromatic rings. The van der Waals surface area contributed by atoms with Crippen molar-refractivity contribution in [3.05, 3.63) is 66.2 Å². The summed E-state index contributed by atoms with van der Waals surface area (Å²) in [4.78, 5) is 4.48. The zero-order chi connectivity index (χ0) is 22.3. The summed E-state index contributed by atoms with van der Waals surface area (Å²) in [5.41, 5.74) is 4.31. The van der Waals surface area contributed by atoms with Crippen LogP contribution in [0.4, 0.5) is 0 Å². The van der Waals surface area contributed by atoms with Crippen LogP contribution in [0.25, 0.3) is 22.5 Å². The molecule has 2 aromatic carbocycles. The van der Waals surface area contributed by atoms with Crippen molar-refractivity contribution in [1.29, 1.82) is 0 Å². The van der Waals surface area contributed by atoms with E-state index in [0.717, 1.165) is 47.7 Å². The Bertz CT molecular complexity index is 1100. The Hall–Kier alpha value is -3.00. The van der Waals surface area contributed by atoms with E-state index in [1.165, 1.54) is 12.0 Å². The van der Waals surface area contributed by atoms with Gasteiger partial charge in [0.1, 0.15) is 12.2 Å². The van der Waals surface area contributed by atoms with Crippen LogP contribution in [0.5, 0.6) is 0 Å². The Morgan fingerprint density at radius 3 is 2.47 bits per heavy atom. The highest BCUT2D eigenvalue weighted by Crippen LogP contribution is 2.29. The second-order valence-electron chi connectivity index (χ2n) is 8.48. The maximum atomic E-state index is 4.75. The molecular weight excluding hydrogens is 418 g/mol. The molecule has 0 spiro atoms. The fourth-order valence-corrected chi connectivity index (χ4v) is 4.03. The minimum absolute atomic E-state index is 0.404. The van der Waals surface area contributed by atoms with Crippen molar-refractivity contribution in [3.8, 4) is 22.5 Å². The minimum atomic E-state index is 0.404. The molecule has 32 heavy (non-hydrogen) atoms. The van der Waals surface area contributed by atoms with Gasteiger partial charge in [0.05, 0.1) is 6.54 Å². The van der Waals surface area contributed by atoms with E-state index in [-0.39, 0.29) is 0 Å². The monoisotopic (exact) mass is 447 g/mol. The first-order chi connectivity index (χ1) is 15.6. The van der Waals surface area contributed by atoms with E-state index in [0.29, 0.717) is 17.6 Å². The van der Waals surface area contributed by atoms with Crippen molar-refractivity contribution >= 4 is 12.6 Å². The topological polar surface area (TPSA) is 85.2 Å². The number of aromatic amines is 1. The second kappa shape index (κ2) is 10.5. The molecule has 1 atom stereocenters. The van der Waals surface area contributed by atoms with Crippen LogP contribution in [-0.2, 0) is 13.0 Å². The Labute approximate surface area is 194 Å². The molecule has 0 saturated heterocycles. The summed E-state index contributed by atoms with van der Waals surface area (Å²) >= 11 is 4.75. The van der Waals surface area contributed by atoms with Crippen molar-refractivity contribution in [2.45, 2.75) is 51.3 Å². The molecule has 0 aliphatic heterocycles. The first-order valence-electron chi connectivity index (χ1n) is 11.1. The summed E-state index contributed by atoms with van der Waals surface area (Å²) < 4.78 is 1.99. The van der Waals surface area contributed by atoms with Crippen LogP contribution >= 0.6 is 12.6 Å². The summed E-state index contributed by atoms with van der Waals surface area (Å²) in [7, 11) is 0. The molecule has 0 bridgehead atoms. The molecule has 0 radical (unpaired) electrons. The van der Waals surface area contributed by atoms with Gasteiger partial charge >= 0.3 is 0 Å². The normalized spacial score (nSPS) is 12.4. The first kappa shape index (κ1) is 22.2. The van der Waals surface area contributed by atoms with Gasteiger partial charge in [-0.1, -0.05) is 62.4 Å². The molecule has 2 heterocycles. The largest absolute Gasteiger partial charge is 0.246 e. The Morgan fingerprint density at radius 2 is 1.75 bits per heavy atom. The SMILES string of the molecule is CC(C)CCC(S)CCc1ncnn1Cc1ccc(-c2ccccc2-c2nn[nH]n2)cc1. The van der Waals surface area contributed by atoms with E-state index in [4.69, 9.17) is 12.6 Å². The summed E-state index contributed by atoms with van der Waals surface area (Å²) in [6.45, 7) is 5.21. The highest BCUT2D eigenvalue weighted by molar-refractivity contribution is 7.80. The molecule has 2 aromatic heterocycles. The minimum Gasteiger partial charge on any atom is -0.246 e. The number of nitrogens with one attached hydrogen (secondary N) is 1.